The molecule has 21 heavy (non-hydrogen) atoms. The summed E-state index contributed by atoms with van der Waals surface area (Å²) in [4.78, 5) is 24.8. The normalized spacial score (nSPS) is 22.7. The lowest BCUT2D eigenvalue weighted by Crippen LogP contribution is -2.45. The van der Waals surface area contributed by atoms with Gasteiger partial charge >= 0.3 is 12.1 Å². The molecule has 0 aliphatic heterocycles. The SMILES string of the molecule is CCN(CCC(=O)OC)C(=O)C1CCCCC1C(F)(F)F. The lowest BCUT2D eigenvalue weighted by atomic mass is 9.78. The van der Waals surface area contributed by atoms with E-state index in [4.69, 9.17) is 0 Å². The molecule has 1 saturated carbocycles. The number of amides is 1. The van der Waals surface area contributed by atoms with Crippen molar-refractivity contribution in [2.75, 3.05) is 20.2 Å². The van der Waals surface area contributed by atoms with E-state index in [0.29, 0.717) is 12.8 Å². The van der Waals surface area contributed by atoms with Gasteiger partial charge in [-0.3, -0.25) is 9.59 Å². The van der Waals surface area contributed by atoms with Crippen molar-refractivity contribution in [2.45, 2.75) is 45.2 Å². The van der Waals surface area contributed by atoms with Crippen LogP contribution in [0.3, 0.4) is 0 Å². The molecule has 0 saturated heterocycles. The number of esters is 1. The molecular formula is C14H22F3NO3. The first-order valence-electron chi connectivity index (χ1n) is 7.23. The van der Waals surface area contributed by atoms with Crippen LogP contribution in [0.25, 0.3) is 0 Å². The fourth-order valence-corrected chi connectivity index (χ4v) is 2.81. The molecular weight excluding hydrogens is 287 g/mol. The summed E-state index contributed by atoms with van der Waals surface area (Å²) in [6.07, 6.45) is -2.94. The monoisotopic (exact) mass is 309 g/mol. The number of ether oxygens (including phenoxy) is 1. The highest BCUT2D eigenvalue weighted by Crippen LogP contribution is 2.42. The molecule has 1 fully saturated rings. The number of rotatable bonds is 5. The summed E-state index contributed by atoms with van der Waals surface area (Å²) >= 11 is 0. The molecule has 0 radical (unpaired) electrons. The van der Waals surface area contributed by atoms with Gasteiger partial charge in [-0.15, -0.1) is 0 Å². The van der Waals surface area contributed by atoms with Gasteiger partial charge in [0.05, 0.1) is 19.4 Å². The Bertz CT molecular complexity index is 371. The number of nitrogens with zero attached hydrogens (tertiary/aromatic N) is 1. The van der Waals surface area contributed by atoms with Crippen LogP contribution in [0.15, 0.2) is 0 Å². The third-order valence-corrected chi connectivity index (χ3v) is 4.01. The Morgan fingerprint density at radius 1 is 1.24 bits per heavy atom. The van der Waals surface area contributed by atoms with Crippen LogP contribution in [-0.4, -0.2) is 43.2 Å². The van der Waals surface area contributed by atoms with Crippen LogP contribution in [0.1, 0.15) is 39.0 Å². The fraction of sp³-hybridized carbons (Fsp3) is 0.857. The number of hydrogen-bond acceptors (Lipinski definition) is 3. The lowest BCUT2D eigenvalue weighted by molar-refractivity contribution is -0.201. The van der Waals surface area contributed by atoms with Gasteiger partial charge in [0.2, 0.25) is 5.91 Å². The summed E-state index contributed by atoms with van der Waals surface area (Å²) in [7, 11) is 1.24. The molecule has 0 bridgehead atoms. The smallest absolute Gasteiger partial charge is 0.392 e. The Labute approximate surface area is 122 Å². The van der Waals surface area contributed by atoms with E-state index < -0.39 is 29.9 Å². The van der Waals surface area contributed by atoms with Gasteiger partial charge < -0.3 is 9.64 Å². The molecule has 122 valence electrons. The minimum absolute atomic E-state index is 0.000511. The average Bonchev–Trinajstić information content (AvgIpc) is 2.46. The van der Waals surface area contributed by atoms with Crippen LogP contribution in [0, 0.1) is 11.8 Å². The number of carbonyl (C=O) groups is 2. The Kier molecular flexibility index (Phi) is 6.48. The average molecular weight is 309 g/mol. The molecule has 1 aliphatic carbocycles. The highest BCUT2D eigenvalue weighted by Gasteiger charge is 2.48. The number of halogens is 3. The van der Waals surface area contributed by atoms with Gasteiger partial charge in [0, 0.05) is 19.0 Å². The Hall–Kier alpha value is -1.27. The quantitative estimate of drug-likeness (QED) is 0.734. The van der Waals surface area contributed by atoms with Crippen molar-refractivity contribution in [1.29, 1.82) is 0 Å². The molecule has 7 heteroatoms. The van der Waals surface area contributed by atoms with Crippen molar-refractivity contribution < 1.29 is 27.5 Å². The maximum Gasteiger partial charge on any atom is 0.392 e. The van der Waals surface area contributed by atoms with Crippen LogP contribution >= 0.6 is 0 Å². The number of methoxy groups -OCH3 is 1. The molecule has 0 N–H and O–H groups in total. The minimum Gasteiger partial charge on any atom is -0.469 e. The van der Waals surface area contributed by atoms with Crippen LogP contribution < -0.4 is 0 Å². The predicted molar refractivity (Wildman–Crippen MR) is 70.4 cm³/mol. The number of carbonyl (C=O) groups excluding carboxylic acids is 2. The van der Waals surface area contributed by atoms with Crippen molar-refractivity contribution >= 4 is 11.9 Å². The van der Waals surface area contributed by atoms with Gasteiger partial charge in [-0.05, 0) is 19.8 Å². The fourth-order valence-electron chi connectivity index (χ4n) is 2.81. The molecule has 0 heterocycles. The molecule has 2 unspecified atom stereocenters. The number of hydrogen-bond donors (Lipinski definition) is 0. The zero-order valence-electron chi connectivity index (χ0n) is 12.4. The highest BCUT2D eigenvalue weighted by atomic mass is 19.4. The summed E-state index contributed by atoms with van der Waals surface area (Å²) in [5.74, 6) is -3.55. The zero-order chi connectivity index (χ0) is 16.0. The Balaban J connectivity index is 2.74. The van der Waals surface area contributed by atoms with E-state index >= 15 is 0 Å². The second-order valence-corrected chi connectivity index (χ2v) is 5.28. The van der Waals surface area contributed by atoms with Gasteiger partial charge in [-0.2, -0.15) is 13.2 Å². The van der Waals surface area contributed by atoms with Crippen molar-refractivity contribution in [3.63, 3.8) is 0 Å². The lowest BCUT2D eigenvalue weighted by Gasteiger charge is -2.35. The molecule has 4 nitrogen and oxygen atoms in total. The van der Waals surface area contributed by atoms with Gasteiger partial charge in [-0.1, -0.05) is 12.8 Å². The van der Waals surface area contributed by atoms with Gasteiger partial charge in [0.15, 0.2) is 0 Å². The van der Waals surface area contributed by atoms with E-state index in [2.05, 4.69) is 4.74 Å². The summed E-state index contributed by atoms with van der Waals surface area (Å²) in [5.41, 5.74) is 0. The molecule has 1 aliphatic rings. The van der Waals surface area contributed by atoms with Crippen LogP contribution in [0.4, 0.5) is 13.2 Å². The van der Waals surface area contributed by atoms with Gasteiger partial charge in [-0.25, -0.2) is 0 Å². The largest absolute Gasteiger partial charge is 0.469 e. The molecule has 1 amide bonds. The highest BCUT2D eigenvalue weighted by molar-refractivity contribution is 5.80. The summed E-state index contributed by atoms with van der Waals surface area (Å²) in [5, 5.41) is 0. The van der Waals surface area contributed by atoms with E-state index in [1.807, 2.05) is 0 Å². The van der Waals surface area contributed by atoms with E-state index in [0.717, 1.165) is 0 Å². The molecule has 1 rings (SSSR count). The van der Waals surface area contributed by atoms with Crippen molar-refractivity contribution in [2.24, 2.45) is 11.8 Å². The summed E-state index contributed by atoms with van der Waals surface area (Å²) < 4.78 is 43.6. The van der Waals surface area contributed by atoms with Crippen molar-refractivity contribution in [1.82, 2.24) is 4.90 Å². The summed E-state index contributed by atoms with van der Waals surface area (Å²) in [6, 6.07) is 0. The van der Waals surface area contributed by atoms with Crippen molar-refractivity contribution in [3.8, 4) is 0 Å². The minimum atomic E-state index is -4.34. The number of alkyl halides is 3. The second-order valence-electron chi connectivity index (χ2n) is 5.28. The van der Waals surface area contributed by atoms with E-state index in [1.165, 1.54) is 12.0 Å². The van der Waals surface area contributed by atoms with Crippen LogP contribution in [-0.2, 0) is 14.3 Å². The van der Waals surface area contributed by atoms with Gasteiger partial charge in [0.1, 0.15) is 0 Å². The van der Waals surface area contributed by atoms with Crippen LogP contribution in [0.2, 0.25) is 0 Å². The predicted octanol–water partition coefficient (Wildman–Crippen LogP) is 2.77. The third-order valence-electron chi connectivity index (χ3n) is 4.01. The molecule has 0 aromatic rings. The first kappa shape index (κ1) is 17.8. The van der Waals surface area contributed by atoms with Crippen molar-refractivity contribution in [3.05, 3.63) is 0 Å². The molecule has 0 aromatic heterocycles. The molecule has 0 aromatic carbocycles. The molecule has 0 spiro atoms. The van der Waals surface area contributed by atoms with E-state index in [-0.39, 0.29) is 32.4 Å². The summed E-state index contributed by atoms with van der Waals surface area (Å²) in [6.45, 7) is 2.08. The van der Waals surface area contributed by atoms with E-state index in [1.54, 1.807) is 6.92 Å². The maximum absolute atomic E-state index is 13.0. The van der Waals surface area contributed by atoms with Crippen LogP contribution in [0.5, 0.6) is 0 Å². The molecule has 2 atom stereocenters. The maximum atomic E-state index is 13.0. The first-order valence-corrected chi connectivity index (χ1v) is 7.23. The first-order chi connectivity index (χ1) is 9.81. The second kappa shape index (κ2) is 7.66. The van der Waals surface area contributed by atoms with Gasteiger partial charge in [0.25, 0.3) is 0 Å². The Morgan fingerprint density at radius 3 is 2.38 bits per heavy atom. The topological polar surface area (TPSA) is 46.6 Å². The standard InChI is InChI=1S/C14H22F3NO3/c1-3-18(9-8-12(19)21-2)13(20)10-6-4-5-7-11(10)14(15,16)17/h10-11H,3-9H2,1-2H3. The Morgan fingerprint density at radius 2 is 1.86 bits per heavy atom. The van der Waals surface area contributed by atoms with E-state index in [9.17, 15) is 22.8 Å². The zero-order valence-corrected chi connectivity index (χ0v) is 12.4. The third kappa shape index (κ3) is 4.89.